The number of nitrogens with one attached hydrogen (secondary N) is 1. The highest BCUT2D eigenvalue weighted by molar-refractivity contribution is 14.0. The molecule has 0 saturated carbocycles. The third-order valence-corrected chi connectivity index (χ3v) is 5.56. The molecule has 2 aliphatic heterocycles. The number of rotatable bonds is 6. The van der Waals surface area contributed by atoms with Crippen molar-refractivity contribution in [1.29, 1.82) is 0 Å². The number of benzene rings is 1. The van der Waals surface area contributed by atoms with Crippen LogP contribution in [0.2, 0.25) is 5.02 Å². The van der Waals surface area contributed by atoms with Crippen molar-refractivity contribution in [2.45, 2.75) is 32.3 Å². The van der Waals surface area contributed by atoms with Gasteiger partial charge in [0.1, 0.15) is 0 Å². The number of likely N-dealkylation sites (tertiary alicyclic amines) is 2. The zero-order chi connectivity index (χ0) is 18.4. The predicted molar refractivity (Wildman–Crippen MR) is 123 cm³/mol. The van der Waals surface area contributed by atoms with Gasteiger partial charge in [-0.15, -0.1) is 24.0 Å². The number of hydrogen-bond donors (Lipinski definition) is 2. The Labute approximate surface area is 185 Å². The summed E-state index contributed by atoms with van der Waals surface area (Å²) in [5, 5.41) is 14.5. The van der Waals surface area contributed by atoms with Gasteiger partial charge in [-0.1, -0.05) is 23.7 Å². The first kappa shape index (κ1) is 22.7. The first-order chi connectivity index (χ1) is 12.7. The van der Waals surface area contributed by atoms with Crippen molar-refractivity contribution in [2.75, 3.05) is 45.8 Å². The Bertz CT molecular complexity index is 592. The first-order valence-corrected chi connectivity index (χ1v) is 10.2. The SMILES string of the molecule is CCNC(=NCC(O)c1ccc(Cl)cc1)N1CCC(CN2CCCC2)C1.I. The Morgan fingerprint density at radius 1 is 1.26 bits per heavy atom. The molecular weight excluding hydrogens is 475 g/mol. The van der Waals surface area contributed by atoms with Crippen molar-refractivity contribution in [1.82, 2.24) is 15.1 Å². The fourth-order valence-electron chi connectivity index (χ4n) is 3.89. The van der Waals surface area contributed by atoms with Crippen molar-refractivity contribution in [2.24, 2.45) is 10.9 Å². The molecule has 2 N–H and O–H groups in total. The molecule has 0 aromatic heterocycles. The Balaban J connectivity index is 0.00000261. The Kier molecular flexibility index (Phi) is 9.62. The molecule has 0 amide bonds. The number of aliphatic hydroxyl groups excluding tert-OH is 1. The molecule has 1 aromatic carbocycles. The Morgan fingerprint density at radius 2 is 1.96 bits per heavy atom. The summed E-state index contributed by atoms with van der Waals surface area (Å²) in [4.78, 5) is 9.64. The highest BCUT2D eigenvalue weighted by atomic mass is 127. The van der Waals surface area contributed by atoms with Gasteiger partial charge in [-0.25, -0.2) is 0 Å². The van der Waals surface area contributed by atoms with E-state index in [1.807, 2.05) is 12.1 Å². The summed E-state index contributed by atoms with van der Waals surface area (Å²) in [6.45, 7) is 9.11. The molecule has 2 heterocycles. The molecule has 152 valence electrons. The van der Waals surface area contributed by atoms with E-state index in [1.165, 1.54) is 38.9 Å². The minimum absolute atomic E-state index is 0. The second-order valence-electron chi connectivity index (χ2n) is 7.37. The van der Waals surface area contributed by atoms with Crippen molar-refractivity contribution in [3.63, 3.8) is 0 Å². The van der Waals surface area contributed by atoms with Crippen LogP contribution in [0.15, 0.2) is 29.3 Å². The van der Waals surface area contributed by atoms with Gasteiger partial charge in [-0.05, 0) is 62.9 Å². The highest BCUT2D eigenvalue weighted by Crippen LogP contribution is 2.21. The molecule has 0 radical (unpaired) electrons. The molecule has 1 aromatic rings. The van der Waals surface area contributed by atoms with Gasteiger partial charge in [0.05, 0.1) is 12.6 Å². The fourth-order valence-corrected chi connectivity index (χ4v) is 4.02. The van der Waals surface area contributed by atoms with E-state index in [0.717, 1.165) is 37.1 Å². The molecule has 5 nitrogen and oxygen atoms in total. The van der Waals surface area contributed by atoms with Crippen LogP contribution in [0.4, 0.5) is 0 Å². The average Bonchev–Trinajstić information content (AvgIpc) is 3.31. The summed E-state index contributed by atoms with van der Waals surface area (Å²) in [6, 6.07) is 7.33. The molecule has 0 spiro atoms. The van der Waals surface area contributed by atoms with E-state index in [-0.39, 0.29) is 24.0 Å². The summed E-state index contributed by atoms with van der Waals surface area (Å²) in [5.41, 5.74) is 0.849. The van der Waals surface area contributed by atoms with Crippen LogP contribution < -0.4 is 5.32 Å². The first-order valence-electron chi connectivity index (χ1n) is 9.85. The van der Waals surface area contributed by atoms with Crippen LogP contribution in [-0.4, -0.2) is 66.7 Å². The van der Waals surface area contributed by atoms with E-state index in [2.05, 4.69) is 22.0 Å². The van der Waals surface area contributed by atoms with Crippen molar-refractivity contribution < 1.29 is 5.11 Å². The van der Waals surface area contributed by atoms with Crippen LogP contribution in [0.3, 0.4) is 0 Å². The summed E-state index contributed by atoms with van der Waals surface area (Å²) in [6.07, 6.45) is 3.32. The van der Waals surface area contributed by atoms with Gasteiger partial charge in [0.25, 0.3) is 0 Å². The van der Waals surface area contributed by atoms with Gasteiger partial charge < -0.3 is 20.2 Å². The molecule has 2 atom stereocenters. The summed E-state index contributed by atoms with van der Waals surface area (Å²) in [7, 11) is 0. The average molecular weight is 507 g/mol. The molecule has 0 aliphatic carbocycles. The predicted octanol–water partition coefficient (Wildman–Crippen LogP) is 3.37. The van der Waals surface area contributed by atoms with Gasteiger partial charge in [0, 0.05) is 31.2 Å². The number of nitrogens with zero attached hydrogens (tertiary/aromatic N) is 3. The molecule has 2 fully saturated rings. The quantitative estimate of drug-likeness (QED) is 0.353. The third kappa shape index (κ3) is 6.76. The Hall–Kier alpha value is -0.570. The molecule has 2 unspecified atom stereocenters. The number of halogens is 2. The maximum absolute atomic E-state index is 10.4. The fraction of sp³-hybridized carbons (Fsp3) is 0.650. The minimum Gasteiger partial charge on any atom is -0.386 e. The molecule has 27 heavy (non-hydrogen) atoms. The lowest BCUT2D eigenvalue weighted by molar-refractivity contribution is 0.186. The largest absolute Gasteiger partial charge is 0.386 e. The van der Waals surface area contributed by atoms with Gasteiger partial charge in [0.2, 0.25) is 0 Å². The van der Waals surface area contributed by atoms with Crippen molar-refractivity contribution in [3.8, 4) is 0 Å². The summed E-state index contributed by atoms with van der Waals surface area (Å²) < 4.78 is 0. The third-order valence-electron chi connectivity index (χ3n) is 5.30. The van der Waals surface area contributed by atoms with Crippen molar-refractivity contribution >= 4 is 41.5 Å². The zero-order valence-corrected chi connectivity index (χ0v) is 19.2. The highest BCUT2D eigenvalue weighted by Gasteiger charge is 2.27. The van der Waals surface area contributed by atoms with Crippen LogP contribution in [-0.2, 0) is 0 Å². The zero-order valence-electron chi connectivity index (χ0n) is 16.1. The van der Waals surface area contributed by atoms with Gasteiger partial charge in [0.15, 0.2) is 5.96 Å². The van der Waals surface area contributed by atoms with Crippen LogP contribution in [0, 0.1) is 5.92 Å². The lowest BCUT2D eigenvalue weighted by atomic mass is 10.1. The summed E-state index contributed by atoms with van der Waals surface area (Å²) >= 11 is 5.92. The number of hydrogen-bond acceptors (Lipinski definition) is 3. The molecule has 0 bridgehead atoms. The van der Waals surface area contributed by atoms with E-state index >= 15 is 0 Å². The molecular formula is C20H32ClIN4O. The van der Waals surface area contributed by atoms with E-state index in [9.17, 15) is 5.11 Å². The number of guanidine groups is 1. The van der Waals surface area contributed by atoms with E-state index in [4.69, 9.17) is 16.6 Å². The minimum atomic E-state index is -0.607. The topological polar surface area (TPSA) is 51.1 Å². The van der Waals surface area contributed by atoms with Crippen LogP contribution in [0.25, 0.3) is 0 Å². The molecule has 7 heteroatoms. The monoisotopic (exact) mass is 506 g/mol. The maximum atomic E-state index is 10.4. The molecule has 2 aliphatic rings. The van der Waals surface area contributed by atoms with Crippen molar-refractivity contribution in [3.05, 3.63) is 34.9 Å². The van der Waals surface area contributed by atoms with Gasteiger partial charge >= 0.3 is 0 Å². The van der Waals surface area contributed by atoms with Gasteiger partial charge in [-0.3, -0.25) is 4.99 Å². The van der Waals surface area contributed by atoms with E-state index < -0.39 is 6.10 Å². The number of aliphatic hydroxyl groups is 1. The van der Waals surface area contributed by atoms with E-state index in [0.29, 0.717) is 11.6 Å². The van der Waals surface area contributed by atoms with Crippen LogP contribution in [0.5, 0.6) is 0 Å². The molecule has 3 rings (SSSR count). The maximum Gasteiger partial charge on any atom is 0.194 e. The van der Waals surface area contributed by atoms with Gasteiger partial charge in [-0.2, -0.15) is 0 Å². The molecule has 2 saturated heterocycles. The van der Waals surface area contributed by atoms with Crippen LogP contribution >= 0.6 is 35.6 Å². The normalized spacial score (nSPS) is 22.0. The van der Waals surface area contributed by atoms with Crippen LogP contribution in [0.1, 0.15) is 37.9 Å². The second kappa shape index (κ2) is 11.4. The smallest absolute Gasteiger partial charge is 0.194 e. The standard InChI is InChI=1S/C20H31ClN4O.HI/c1-2-22-20(23-13-19(26)17-5-7-18(21)8-6-17)25-12-9-16(15-25)14-24-10-3-4-11-24;/h5-8,16,19,26H,2-4,9-15H2,1H3,(H,22,23);1H. The summed E-state index contributed by atoms with van der Waals surface area (Å²) in [5.74, 6) is 1.64. The lowest BCUT2D eigenvalue weighted by Crippen LogP contribution is -2.41. The van der Waals surface area contributed by atoms with E-state index in [1.54, 1.807) is 12.1 Å². The lowest BCUT2D eigenvalue weighted by Gasteiger charge is -2.23. The Morgan fingerprint density at radius 3 is 2.63 bits per heavy atom. The number of aliphatic imine (C=N–C) groups is 1. The second-order valence-corrected chi connectivity index (χ2v) is 7.81.